The molecule has 1 aromatic heterocycles. The standard InChI is InChI=1S/C27H48N4O/c1-26(2)17-14-18-27(3,4)31(26)20-12-10-8-6-5-7-9-11-16-24(28)22-30-25(32)23-15-13-19-29-21-23/h13,15,19,21,24H,5-12,14,16-18,20,22,28H2,1-4H3,(H,30,32). The van der Waals surface area contributed by atoms with Gasteiger partial charge in [-0.1, -0.05) is 44.9 Å². The molecule has 182 valence electrons. The molecular formula is C27H48N4O. The molecule has 0 spiro atoms. The van der Waals surface area contributed by atoms with Crippen LogP contribution in [-0.2, 0) is 0 Å². The van der Waals surface area contributed by atoms with Crippen molar-refractivity contribution in [3.8, 4) is 0 Å². The molecule has 0 bridgehead atoms. The Morgan fingerprint density at radius 3 is 2.22 bits per heavy atom. The number of rotatable bonds is 14. The fraction of sp³-hybridized carbons (Fsp3) is 0.778. The molecule has 1 saturated heterocycles. The molecule has 2 rings (SSSR count). The first kappa shape index (κ1) is 26.8. The van der Waals surface area contributed by atoms with Crippen LogP contribution in [0.3, 0.4) is 0 Å². The number of nitrogens with one attached hydrogen (secondary N) is 1. The summed E-state index contributed by atoms with van der Waals surface area (Å²) in [5, 5.41) is 2.91. The van der Waals surface area contributed by atoms with Crippen molar-refractivity contribution in [2.45, 2.75) is 122 Å². The summed E-state index contributed by atoms with van der Waals surface area (Å²) in [5.41, 5.74) is 7.45. The van der Waals surface area contributed by atoms with Gasteiger partial charge in [0.2, 0.25) is 0 Å². The average molecular weight is 445 g/mol. The first-order valence-corrected chi connectivity index (χ1v) is 12.9. The molecule has 32 heavy (non-hydrogen) atoms. The lowest BCUT2D eigenvalue weighted by molar-refractivity contribution is -0.0276. The number of nitrogens with zero attached hydrogens (tertiary/aromatic N) is 2. The van der Waals surface area contributed by atoms with Gasteiger partial charge in [0.25, 0.3) is 5.91 Å². The highest BCUT2D eigenvalue weighted by atomic mass is 16.1. The highest BCUT2D eigenvalue weighted by molar-refractivity contribution is 5.93. The van der Waals surface area contributed by atoms with Crippen LogP contribution in [0.4, 0.5) is 0 Å². The van der Waals surface area contributed by atoms with Gasteiger partial charge in [-0.25, -0.2) is 0 Å². The highest BCUT2D eigenvalue weighted by Crippen LogP contribution is 2.38. The summed E-state index contributed by atoms with van der Waals surface area (Å²) in [4.78, 5) is 18.8. The van der Waals surface area contributed by atoms with Gasteiger partial charge in [-0.3, -0.25) is 14.7 Å². The number of amides is 1. The van der Waals surface area contributed by atoms with E-state index >= 15 is 0 Å². The molecule has 5 heteroatoms. The fourth-order valence-electron chi connectivity index (χ4n) is 5.31. The van der Waals surface area contributed by atoms with Gasteiger partial charge in [0.05, 0.1) is 5.56 Å². The number of likely N-dealkylation sites (tertiary alicyclic amines) is 1. The van der Waals surface area contributed by atoms with Crippen molar-refractivity contribution in [2.24, 2.45) is 5.73 Å². The molecular weight excluding hydrogens is 396 g/mol. The Labute approximate surface area is 196 Å². The van der Waals surface area contributed by atoms with Gasteiger partial charge >= 0.3 is 0 Å². The van der Waals surface area contributed by atoms with Crippen LogP contribution in [0.25, 0.3) is 0 Å². The molecule has 1 aliphatic rings. The van der Waals surface area contributed by atoms with Gasteiger partial charge in [0.15, 0.2) is 0 Å². The number of pyridine rings is 1. The highest BCUT2D eigenvalue weighted by Gasteiger charge is 2.40. The summed E-state index contributed by atoms with van der Waals surface area (Å²) in [7, 11) is 0. The van der Waals surface area contributed by atoms with Crippen LogP contribution in [-0.4, -0.2) is 46.0 Å². The lowest BCUT2D eigenvalue weighted by Crippen LogP contribution is -2.58. The van der Waals surface area contributed by atoms with Crippen LogP contribution in [0.1, 0.15) is 115 Å². The van der Waals surface area contributed by atoms with E-state index in [1.165, 1.54) is 70.8 Å². The van der Waals surface area contributed by atoms with Crippen LogP contribution in [0.5, 0.6) is 0 Å². The second kappa shape index (κ2) is 13.3. The maximum atomic E-state index is 12.0. The topological polar surface area (TPSA) is 71.2 Å². The molecule has 0 radical (unpaired) electrons. The maximum Gasteiger partial charge on any atom is 0.252 e. The Hall–Kier alpha value is -1.46. The first-order valence-electron chi connectivity index (χ1n) is 12.9. The number of hydrogen-bond acceptors (Lipinski definition) is 4. The normalized spacial score (nSPS) is 18.9. The van der Waals surface area contributed by atoms with Crippen molar-refractivity contribution in [3.63, 3.8) is 0 Å². The number of nitrogens with two attached hydrogens (primary N) is 1. The lowest BCUT2D eigenvalue weighted by atomic mass is 9.79. The third-order valence-corrected chi connectivity index (χ3v) is 7.19. The molecule has 1 amide bonds. The Bertz CT molecular complexity index is 643. The molecule has 1 fully saturated rings. The zero-order valence-corrected chi connectivity index (χ0v) is 21.2. The third kappa shape index (κ3) is 9.19. The smallest absolute Gasteiger partial charge is 0.252 e. The maximum absolute atomic E-state index is 12.0. The van der Waals surface area contributed by atoms with E-state index in [2.05, 4.69) is 42.9 Å². The van der Waals surface area contributed by atoms with Crippen LogP contribution in [0, 0.1) is 0 Å². The molecule has 0 aromatic carbocycles. The van der Waals surface area contributed by atoms with E-state index in [-0.39, 0.29) is 11.9 Å². The molecule has 1 unspecified atom stereocenters. The van der Waals surface area contributed by atoms with Crippen molar-refractivity contribution in [1.29, 1.82) is 0 Å². The van der Waals surface area contributed by atoms with Crippen LogP contribution >= 0.6 is 0 Å². The van der Waals surface area contributed by atoms with E-state index in [9.17, 15) is 4.79 Å². The summed E-state index contributed by atoms with van der Waals surface area (Å²) in [6, 6.07) is 3.56. The molecule has 0 aliphatic carbocycles. The average Bonchev–Trinajstić information content (AvgIpc) is 2.75. The van der Waals surface area contributed by atoms with Gasteiger partial charge < -0.3 is 11.1 Å². The number of piperidine rings is 1. The van der Waals surface area contributed by atoms with Gasteiger partial charge in [-0.05, 0) is 78.5 Å². The van der Waals surface area contributed by atoms with Crippen molar-refractivity contribution in [2.75, 3.05) is 13.1 Å². The molecule has 1 aromatic rings. The largest absolute Gasteiger partial charge is 0.350 e. The van der Waals surface area contributed by atoms with E-state index in [4.69, 9.17) is 5.73 Å². The summed E-state index contributed by atoms with van der Waals surface area (Å²) in [6.45, 7) is 11.5. The van der Waals surface area contributed by atoms with Gasteiger partial charge in [0.1, 0.15) is 0 Å². The number of carbonyl (C=O) groups excluding carboxylic acids is 1. The van der Waals surface area contributed by atoms with Crippen LogP contribution < -0.4 is 11.1 Å². The van der Waals surface area contributed by atoms with Crippen LogP contribution in [0.2, 0.25) is 0 Å². The van der Waals surface area contributed by atoms with E-state index in [1.807, 2.05) is 0 Å². The summed E-state index contributed by atoms with van der Waals surface area (Å²) >= 11 is 0. The van der Waals surface area contributed by atoms with Crippen molar-refractivity contribution in [1.82, 2.24) is 15.2 Å². The van der Waals surface area contributed by atoms with Crippen molar-refractivity contribution < 1.29 is 4.79 Å². The second-order valence-corrected chi connectivity index (χ2v) is 11.0. The molecule has 0 saturated carbocycles. The SMILES string of the molecule is CC1(C)CCCC(C)(C)N1CCCCCCCCCCC(N)CNC(=O)c1cccnc1. The number of hydrogen-bond donors (Lipinski definition) is 2. The fourth-order valence-corrected chi connectivity index (χ4v) is 5.31. The molecule has 3 N–H and O–H groups in total. The van der Waals surface area contributed by atoms with Gasteiger partial charge in [0, 0.05) is 36.1 Å². The second-order valence-electron chi connectivity index (χ2n) is 11.0. The van der Waals surface area contributed by atoms with E-state index < -0.39 is 0 Å². The molecule has 5 nitrogen and oxygen atoms in total. The minimum Gasteiger partial charge on any atom is -0.350 e. The van der Waals surface area contributed by atoms with Gasteiger partial charge in [-0.2, -0.15) is 0 Å². The van der Waals surface area contributed by atoms with E-state index in [1.54, 1.807) is 24.5 Å². The lowest BCUT2D eigenvalue weighted by Gasteiger charge is -2.53. The molecule has 1 aliphatic heterocycles. The minimum atomic E-state index is -0.0963. The zero-order valence-electron chi connectivity index (χ0n) is 21.2. The predicted molar refractivity (Wildman–Crippen MR) is 135 cm³/mol. The Morgan fingerprint density at radius 2 is 1.62 bits per heavy atom. The molecule has 2 heterocycles. The number of carbonyl (C=O) groups is 1. The summed E-state index contributed by atoms with van der Waals surface area (Å²) in [5.74, 6) is -0.0963. The first-order chi connectivity index (χ1) is 15.2. The van der Waals surface area contributed by atoms with Crippen molar-refractivity contribution in [3.05, 3.63) is 30.1 Å². The Balaban J connectivity index is 1.44. The summed E-state index contributed by atoms with van der Waals surface area (Å²) < 4.78 is 0. The Kier molecular flexibility index (Phi) is 11.1. The monoisotopic (exact) mass is 444 g/mol. The number of unbranched alkanes of at least 4 members (excludes halogenated alkanes) is 7. The predicted octanol–water partition coefficient (Wildman–Crippen LogP) is 5.69. The van der Waals surface area contributed by atoms with E-state index in [0.717, 1.165) is 12.8 Å². The van der Waals surface area contributed by atoms with Crippen LogP contribution in [0.15, 0.2) is 24.5 Å². The molecule has 1 atom stereocenters. The third-order valence-electron chi connectivity index (χ3n) is 7.19. The van der Waals surface area contributed by atoms with E-state index in [0.29, 0.717) is 23.2 Å². The zero-order chi connectivity index (χ0) is 23.5. The van der Waals surface area contributed by atoms with Crippen molar-refractivity contribution >= 4 is 5.91 Å². The van der Waals surface area contributed by atoms with Gasteiger partial charge in [-0.15, -0.1) is 0 Å². The minimum absolute atomic E-state index is 0.0268. The Morgan fingerprint density at radius 1 is 1.03 bits per heavy atom. The summed E-state index contributed by atoms with van der Waals surface area (Å²) in [6.07, 6.45) is 18.6. The quantitative estimate of drug-likeness (QED) is 0.361. The number of aromatic nitrogens is 1.